The molecule has 2 aromatic rings. The van der Waals surface area contributed by atoms with Crippen molar-refractivity contribution < 1.29 is 5.11 Å². The molecule has 0 radical (unpaired) electrons. The maximum atomic E-state index is 11.7. The number of piperidine rings is 1. The summed E-state index contributed by atoms with van der Waals surface area (Å²) in [6.45, 7) is 5.64. The van der Waals surface area contributed by atoms with Crippen molar-refractivity contribution in [2.24, 2.45) is 0 Å². The summed E-state index contributed by atoms with van der Waals surface area (Å²) in [6.07, 6.45) is 10.5. The van der Waals surface area contributed by atoms with Gasteiger partial charge < -0.3 is 14.9 Å². The molecule has 3 nitrogen and oxygen atoms in total. The lowest BCUT2D eigenvalue weighted by atomic mass is 9.72. The van der Waals surface area contributed by atoms with Gasteiger partial charge >= 0.3 is 0 Å². The molecule has 6 heteroatoms. The zero-order valence-electron chi connectivity index (χ0n) is 20.7. The summed E-state index contributed by atoms with van der Waals surface area (Å²) in [5.74, 6) is 0.837. The van der Waals surface area contributed by atoms with E-state index < -0.39 is 5.60 Å². The minimum Gasteiger partial charge on any atom is -0.389 e. The van der Waals surface area contributed by atoms with Crippen LogP contribution < -0.4 is 4.90 Å². The van der Waals surface area contributed by atoms with Crippen LogP contribution in [-0.2, 0) is 0 Å². The molecule has 1 aliphatic carbocycles. The second-order valence-electron chi connectivity index (χ2n) is 10.6. The summed E-state index contributed by atoms with van der Waals surface area (Å²) < 4.78 is 1.11. The number of likely N-dealkylation sites (tertiary alicyclic amines) is 1. The number of aliphatic hydroxyl groups is 1. The number of anilines is 1. The van der Waals surface area contributed by atoms with E-state index >= 15 is 0 Å². The van der Waals surface area contributed by atoms with Crippen molar-refractivity contribution >= 4 is 46.4 Å². The molecular formula is C29H41BrCl2N2O. The van der Waals surface area contributed by atoms with Crippen molar-refractivity contribution in [1.29, 1.82) is 0 Å². The largest absolute Gasteiger partial charge is 0.389 e. The molecule has 0 aromatic heterocycles. The van der Waals surface area contributed by atoms with Crippen LogP contribution in [0.15, 0.2) is 53.0 Å². The molecule has 2 aromatic carbocycles. The van der Waals surface area contributed by atoms with E-state index in [9.17, 15) is 5.11 Å². The van der Waals surface area contributed by atoms with Gasteiger partial charge in [0.15, 0.2) is 0 Å². The van der Waals surface area contributed by atoms with Crippen molar-refractivity contribution in [3.63, 3.8) is 0 Å². The molecule has 5 rings (SSSR count). The van der Waals surface area contributed by atoms with Crippen molar-refractivity contribution in [3.8, 4) is 0 Å². The van der Waals surface area contributed by atoms with Gasteiger partial charge in [-0.25, -0.2) is 0 Å². The fraction of sp³-hybridized carbons (Fsp3) is 0.586. The van der Waals surface area contributed by atoms with Gasteiger partial charge in [0.1, 0.15) is 0 Å². The summed E-state index contributed by atoms with van der Waals surface area (Å²) in [4.78, 5) is 5.23. The Hall–Kier alpha value is -0.780. The van der Waals surface area contributed by atoms with Gasteiger partial charge in [-0.2, -0.15) is 0 Å². The first-order chi connectivity index (χ1) is 16.1. The zero-order chi connectivity index (χ0) is 22.7. The van der Waals surface area contributed by atoms with Gasteiger partial charge in [-0.05, 0) is 86.9 Å². The van der Waals surface area contributed by atoms with E-state index in [0.717, 1.165) is 49.8 Å². The molecule has 1 N–H and O–H groups in total. The molecule has 0 amide bonds. The van der Waals surface area contributed by atoms with Crippen molar-refractivity contribution in [2.75, 3.05) is 37.6 Å². The Balaban J connectivity index is 0.00000171. The van der Waals surface area contributed by atoms with E-state index in [0.29, 0.717) is 5.92 Å². The normalized spacial score (nSPS) is 21.7. The number of hydrogen-bond donors (Lipinski definition) is 1. The predicted molar refractivity (Wildman–Crippen MR) is 156 cm³/mol. The fourth-order valence-electron chi connectivity index (χ4n) is 6.58. The number of halogens is 3. The molecule has 1 unspecified atom stereocenters. The maximum Gasteiger partial charge on any atom is 0.0728 e. The lowest BCUT2D eigenvalue weighted by Crippen LogP contribution is -2.46. The molecule has 2 aliphatic heterocycles. The summed E-state index contributed by atoms with van der Waals surface area (Å²) in [7, 11) is 0. The Morgan fingerprint density at radius 2 is 1.54 bits per heavy atom. The standard InChI is InChI=1S/C29H39BrN2O.2ClH/c30-25-10-8-9-24(21-25)27(29(33)15-4-1-5-16-29)22-31-19-13-23(14-20-31)26-11-2-3-12-28(26)32-17-6-7-18-32;;/h2-3,8-12,21,23,27,33H,1,4-7,13-20,22H2;2*1H. The fourth-order valence-corrected chi connectivity index (χ4v) is 7.00. The summed E-state index contributed by atoms with van der Waals surface area (Å²) in [5, 5.41) is 11.7. The monoisotopic (exact) mass is 582 g/mol. The quantitative estimate of drug-likeness (QED) is 0.380. The lowest BCUT2D eigenvalue weighted by Gasteiger charge is -2.43. The smallest absolute Gasteiger partial charge is 0.0728 e. The molecule has 1 atom stereocenters. The number of para-hydroxylation sites is 1. The molecule has 35 heavy (non-hydrogen) atoms. The Bertz CT molecular complexity index is 922. The van der Waals surface area contributed by atoms with Crippen LogP contribution >= 0.6 is 40.7 Å². The Kier molecular flexibility index (Phi) is 10.8. The van der Waals surface area contributed by atoms with E-state index in [1.165, 1.54) is 56.4 Å². The molecule has 0 bridgehead atoms. The Morgan fingerprint density at radius 1 is 0.857 bits per heavy atom. The molecule has 1 saturated carbocycles. The van der Waals surface area contributed by atoms with Gasteiger partial charge in [0, 0.05) is 35.7 Å². The van der Waals surface area contributed by atoms with Gasteiger partial charge in [0.05, 0.1) is 5.60 Å². The average molecular weight is 584 g/mol. The van der Waals surface area contributed by atoms with Crippen LogP contribution in [0.25, 0.3) is 0 Å². The third-order valence-corrected chi connectivity index (χ3v) is 8.96. The van der Waals surface area contributed by atoms with Gasteiger partial charge in [0.2, 0.25) is 0 Å². The SMILES string of the molecule is Cl.Cl.OC1(C(CN2CCC(c3ccccc3N3CCCC3)CC2)c2cccc(Br)c2)CCCCC1. The third kappa shape index (κ3) is 6.76. The van der Waals surface area contributed by atoms with Crippen molar-refractivity contribution in [1.82, 2.24) is 4.90 Å². The minimum absolute atomic E-state index is 0. The number of benzene rings is 2. The second-order valence-corrected chi connectivity index (χ2v) is 11.5. The van der Waals surface area contributed by atoms with E-state index in [1.807, 2.05) is 0 Å². The van der Waals surface area contributed by atoms with Gasteiger partial charge in [-0.1, -0.05) is 65.5 Å². The molecule has 194 valence electrons. The zero-order valence-corrected chi connectivity index (χ0v) is 23.9. The van der Waals surface area contributed by atoms with Gasteiger partial charge in [-0.3, -0.25) is 0 Å². The molecule has 2 heterocycles. The number of rotatable bonds is 6. The summed E-state index contributed by atoms with van der Waals surface area (Å²) >= 11 is 3.67. The van der Waals surface area contributed by atoms with E-state index in [-0.39, 0.29) is 30.7 Å². The highest BCUT2D eigenvalue weighted by atomic mass is 79.9. The Labute approximate surface area is 232 Å². The molecule has 3 fully saturated rings. The van der Waals surface area contributed by atoms with Crippen LogP contribution in [0.5, 0.6) is 0 Å². The molecular weight excluding hydrogens is 543 g/mol. The first kappa shape index (κ1) is 28.8. The van der Waals surface area contributed by atoms with Crippen molar-refractivity contribution in [3.05, 3.63) is 64.1 Å². The van der Waals surface area contributed by atoms with E-state index in [4.69, 9.17) is 0 Å². The molecule has 0 spiro atoms. The second kappa shape index (κ2) is 13.1. The lowest BCUT2D eigenvalue weighted by molar-refractivity contribution is -0.0325. The first-order valence-electron chi connectivity index (χ1n) is 13.2. The molecule has 3 aliphatic rings. The van der Waals surface area contributed by atoms with Crippen LogP contribution in [0.2, 0.25) is 0 Å². The highest BCUT2D eigenvalue weighted by Gasteiger charge is 2.40. The van der Waals surface area contributed by atoms with Gasteiger partial charge in [0.25, 0.3) is 0 Å². The predicted octanol–water partition coefficient (Wildman–Crippen LogP) is 7.55. The number of hydrogen-bond acceptors (Lipinski definition) is 3. The highest BCUT2D eigenvalue weighted by molar-refractivity contribution is 9.10. The van der Waals surface area contributed by atoms with Gasteiger partial charge in [-0.15, -0.1) is 24.8 Å². The van der Waals surface area contributed by atoms with Crippen LogP contribution in [0.1, 0.15) is 80.8 Å². The van der Waals surface area contributed by atoms with Crippen LogP contribution in [-0.4, -0.2) is 48.3 Å². The highest BCUT2D eigenvalue weighted by Crippen LogP contribution is 2.42. The van der Waals surface area contributed by atoms with E-state index in [2.05, 4.69) is 74.3 Å². The maximum absolute atomic E-state index is 11.7. The third-order valence-electron chi connectivity index (χ3n) is 8.47. The minimum atomic E-state index is -0.571. The number of nitrogens with zero attached hydrogens (tertiary/aromatic N) is 2. The Morgan fingerprint density at radius 3 is 2.23 bits per heavy atom. The van der Waals surface area contributed by atoms with Crippen LogP contribution in [0.3, 0.4) is 0 Å². The van der Waals surface area contributed by atoms with Crippen LogP contribution in [0, 0.1) is 0 Å². The first-order valence-corrected chi connectivity index (χ1v) is 14.0. The summed E-state index contributed by atoms with van der Waals surface area (Å²) in [5.41, 5.74) is 3.76. The van der Waals surface area contributed by atoms with Crippen molar-refractivity contribution in [2.45, 2.75) is 75.2 Å². The summed E-state index contributed by atoms with van der Waals surface area (Å²) in [6, 6.07) is 17.8. The topological polar surface area (TPSA) is 26.7 Å². The molecule has 2 saturated heterocycles. The average Bonchev–Trinajstić information content (AvgIpc) is 3.38. The van der Waals surface area contributed by atoms with E-state index in [1.54, 1.807) is 5.56 Å². The van der Waals surface area contributed by atoms with Crippen LogP contribution in [0.4, 0.5) is 5.69 Å².